The maximum atomic E-state index is 10.9. The first-order valence-electron chi connectivity index (χ1n) is 3.43. The Bertz CT molecular complexity index is 224. The summed E-state index contributed by atoms with van der Waals surface area (Å²) in [6, 6.07) is 0. The van der Waals surface area contributed by atoms with Gasteiger partial charge in [-0.15, -0.1) is 0 Å². The summed E-state index contributed by atoms with van der Waals surface area (Å²) >= 11 is 0. The van der Waals surface area contributed by atoms with Gasteiger partial charge in [-0.1, -0.05) is 6.08 Å². The molecule has 0 bridgehead atoms. The fourth-order valence-corrected chi connectivity index (χ4v) is 0.915. The van der Waals surface area contributed by atoms with Gasteiger partial charge in [0, 0.05) is 11.8 Å². The van der Waals surface area contributed by atoms with Gasteiger partial charge in [-0.3, -0.25) is 9.79 Å². The monoisotopic (exact) mass is 151 g/mol. The normalized spacial score (nSPS) is 13.0. The SMILES string of the molecule is C=N/C=C(C)\C(=C/C)C(C)=O. The lowest BCUT2D eigenvalue weighted by atomic mass is 10.1. The predicted molar refractivity (Wildman–Crippen MR) is 47.7 cm³/mol. The van der Waals surface area contributed by atoms with Crippen LogP contribution in [0.15, 0.2) is 28.4 Å². The Kier molecular flexibility index (Phi) is 4.11. The number of carbonyl (C=O) groups excluding carboxylic acids is 1. The minimum Gasteiger partial charge on any atom is -0.295 e. The van der Waals surface area contributed by atoms with Gasteiger partial charge < -0.3 is 0 Å². The van der Waals surface area contributed by atoms with Crippen molar-refractivity contribution in [3.05, 3.63) is 23.4 Å². The summed E-state index contributed by atoms with van der Waals surface area (Å²) in [7, 11) is 0. The molecule has 0 spiro atoms. The van der Waals surface area contributed by atoms with Crippen LogP contribution in [0.2, 0.25) is 0 Å². The van der Waals surface area contributed by atoms with E-state index in [0.717, 1.165) is 5.57 Å². The fourth-order valence-electron chi connectivity index (χ4n) is 0.915. The van der Waals surface area contributed by atoms with Crippen molar-refractivity contribution in [2.75, 3.05) is 0 Å². The van der Waals surface area contributed by atoms with Crippen LogP contribution in [-0.2, 0) is 4.79 Å². The number of nitrogens with zero attached hydrogens (tertiary/aromatic N) is 1. The minimum absolute atomic E-state index is 0.0601. The van der Waals surface area contributed by atoms with Crippen LogP contribution in [-0.4, -0.2) is 12.5 Å². The number of Topliss-reactive ketones (excluding diaryl/α,β-unsaturated/α-hetero) is 1. The van der Waals surface area contributed by atoms with E-state index in [2.05, 4.69) is 11.7 Å². The highest BCUT2D eigenvalue weighted by Gasteiger charge is 2.02. The molecule has 0 atom stereocenters. The highest BCUT2D eigenvalue weighted by atomic mass is 16.1. The second-order valence-corrected chi connectivity index (χ2v) is 2.25. The van der Waals surface area contributed by atoms with E-state index in [1.165, 1.54) is 6.92 Å². The molecule has 0 aromatic heterocycles. The lowest BCUT2D eigenvalue weighted by Crippen LogP contribution is -1.96. The molecule has 0 N–H and O–H groups in total. The van der Waals surface area contributed by atoms with E-state index in [4.69, 9.17) is 0 Å². The molecule has 0 saturated carbocycles. The van der Waals surface area contributed by atoms with E-state index < -0.39 is 0 Å². The molecule has 0 fully saturated rings. The van der Waals surface area contributed by atoms with E-state index in [-0.39, 0.29) is 5.78 Å². The second-order valence-electron chi connectivity index (χ2n) is 2.25. The van der Waals surface area contributed by atoms with Crippen LogP contribution in [0.1, 0.15) is 20.8 Å². The van der Waals surface area contributed by atoms with Gasteiger partial charge >= 0.3 is 0 Å². The number of rotatable bonds is 3. The molecule has 0 rings (SSSR count). The first kappa shape index (κ1) is 9.82. The Hall–Kier alpha value is -1.18. The van der Waals surface area contributed by atoms with Gasteiger partial charge in [0.25, 0.3) is 0 Å². The third kappa shape index (κ3) is 2.94. The average Bonchev–Trinajstić information content (AvgIpc) is 1.88. The molecule has 0 radical (unpaired) electrons. The lowest BCUT2D eigenvalue weighted by molar-refractivity contribution is -0.113. The molecular formula is C9H13NO. The molecular weight excluding hydrogens is 138 g/mol. The Morgan fingerprint density at radius 1 is 1.45 bits per heavy atom. The van der Waals surface area contributed by atoms with E-state index in [0.29, 0.717) is 5.57 Å². The number of hydrogen-bond acceptors (Lipinski definition) is 2. The Balaban J connectivity index is 4.67. The Morgan fingerprint density at radius 3 is 2.27 bits per heavy atom. The topological polar surface area (TPSA) is 29.4 Å². The lowest BCUT2D eigenvalue weighted by Gasteiger charge is -1.99. The van der Waals surface area contributed by atoms with E-state index in [1.54, 1.807) is 12.3 Å². The summed E-state index contributed by atoms with van der Waals surface area (Å²) in [4.78, 5) is 14.5. The minimum atomic E-state index is 0.0601. The summed E-state index contributed by atoms with van der Waals surface area (Å²) in [6.45, 7) is 8.52. The van der Waals surface area contributed by atoms with E-state index in [1.807, 2.05) is 13.8 Å². The molecule has 11 heavy (non-hydrogen) atoms. The fraction of sp³-hybridized carbons (Fsp3) is 0.333. The van der Waals surface area contributed by atoms with Gasteiger partial charge in [0.05, 0.1) is 0 Å². The molecule has 0 aromatic carbocycles. The van der Waals surface area contributed by atoms with Crippen molar-refractivity contribution in [2.24, 2.45) is 4.99 Å². The Morgan fingerprint density at radius 2 is 2.00 bits per heavy atom. The highest BCUT2D eigenvalue weighted by molar-refractivity contribution is 5.97. The molecule has 60 valence electrons. The molecule has 0 heterocycles. The van der Waals surface area contributed by atoms with Gasteiger partial charge in [0.2, 0.25) is 0 Å². The van der Waals surface area contributed by atoms with Gasteiger partial charge in [-0.2, -0.15) is 0 Å². The number of hydrogen-bond donors (Lipinski definition) is 0. The van der Waals surface area contributed by atoms with Gasteiger partial charge in [0.1, 0.15) is 0 Å². The molecule has 0 aliphatic carbocycles. The second kappa shape index (κ2) is 4.61. The van der Waals surface area contributed by atoms with Crippen LogP contribution in [0.3, 0.4) is 0 Å². The van der Waals surface area contributed by atoms with Crippen molar-refractivity contribution in [3.63, 3.8) is 0 Å². The number of allylic oxidation sites excluding steroid dienone is 3. The molecule has 0 aromatic rings. The van der Waals surface area contributed by atoms with Gasteiger partial charge in [-0.25, -0.2) is 0 Å². The first-order valence-corrected chi connectivity index (χ1v) is 3.43. The Labute approximate surface area is 67.3 Å². The maximum absolute atomic E-state index is 10.9. The first-order chi connectivity index (χ1) is 5.13. The van der Waals surface area contributed by atoms with E-state index >= 15 is 0 Å². The average molecular weight is 151 g/mol. The van der Waals surface area contributed by atoms with Crippen molar-refractivity contribution in [1.82, 2.24) is 0 Å². The predicted octanol–water partition coefficient (Wildman–Crippen LogP) is 2.13. The summed E-state index contributed by atoms with van der Waals surface area (Å²) in [5.74, 6) is 0.0601. The number of ketones is 1. The third-order valence-electron chi connectivity index (χ3n) is 1.38. The van der Waals surface area contributed by atoms with Crippen molar-refractivity contribution >= 4 is 12.5 Å². The van der Waals surface area contributed by atoms with Crippen LogP contribution in [0.4, 0.5) is 0 Å². The molecule has 0 aliphatic heterocycles. The molecule has 2 nitrogen and oxygen atoms in total. The smallest absolute Gasteiger partial charge is 0.159 e. The molecule has 0 unspecified atom stereocenters. The quantitative estimate of drug-likeness (QED) is 0.345. The summed E-state index contributed by atoms with van der Waals surface area (Å²) < 4.78 is 0. The zero-order valence-corrected chi connectivity index (χ0v) is 7.22. The van der Waals surface area contributed by atoms with E-state index in [9.17, 15) is 4.79 Å². The highest BCUT2D eigenvalue weighted by Crippen LogP contribution is 2.09. The van der Waals surface area contributed by atoms with Crippen LogP contribution in [0.5, 0.6) is 0 Å². The van der Waals surface area contributed by atoms with Crippen LogP contribution < -0.4 is 0 Å². The van der Waals surface area contributed by atoms with Crippen LogP contribution in [0.25, 0.3) is 0 Å². The van der Waals surface area contributed by atoms with Crippen LogP contribution >= 0.6 is 0 Å². The van der Waals surface area contributed by atoms with Gasteiger partial charge in [0.15, 0.2) is 5.78 Å². The molecule has 0 saturated heterocycles. The van der Waals surface area contributed by atoms with Gasteiger partial charge in [-0.05, 0) is 33.1 Å². The summed E-state index contributed by atoms with van der Waals surface area (Å²) in [5, 5.41) is 0. The summed E-state index contributed by atoms with van der Waals surface area (Å²) in [5.41, 5.74) is 1.56. The third-order valence-corrected chi connectivity index (χ3v) is 1.38. The number of carbonyl (C=O) groups is 1. The largest absolute Gasteiger partial charge is 0.295 e. The zero-order chi connectivity index (χ0) is 8.85. The molecule has 0 amide bonds. The maximum Gasteiger partial charge on any atom is 0.159 e. The van der Waals surface area contributed by atoms with Crippen LogP contribution in [0, 0.1) is 0 Å². The van der Waals surface area contributed by atoms with Crippen molar-refractivity contribution in [2.45, 2.75) is 20.8 Å². The zero-order valence-electron chi connectivity index (χ0n) is 7.22. The van der Waals surface area contributed by atoms with Crippen molar-refractivity contribution in [1.29, 1.82) is 0 Å². The molecule has 0 aliphatic rings. The molecule has 2 heteroatoms. The van der Waals surface area contributed by atoms with Crippen molar-refractivity contribution in [3.8, 4) is 0 Å². The summed E-state index contributed by atoms with van der Waals surface area (Å²) in [6.07, 6.45) is 3.36. The number of aliphatic imine (C=N–C) groups is 1. The standard InChI is InChI=1S/C9H13NO/c1-5-9(8(3)11)7(2)6-10-4/h5-6H,4H2,1-3H3/b7-6-,9-5+. The van der Waals surface area contributed by atoms with Crippen molar-refractivity contribution < 1.29 is 4.79 Å².